The predicted octanol–water partition coefficient (Wildman–Crippen LogP) is 1.99. The van der Waals surface area contributed by atoms with Gasteiger partial charge in [-0.1, -0.05) is 36.4 Å². The lowest BCUT2D eigenvalue weighted by Gasteiger charge is -2.21. The average Bonchev–Trinajstić information content (AvgIpc) is 2.37. The predicted molar refractivity (Wildman–Crippen MR) is 60.9 cm³/mol. The Labute approximate surface area is 93.0 Å². The number of hydrogen-bond acceptors (Lipinski definition) is 2. The summed E-state index contributed by atoms with van der Waals surface area (Å²) in [6.07, 6.45) is 0. The van der Waals surface area contributed by atoms with Gasteiger partial charge in [0.25, 0.3) is 0 Å². The normalized spacial score (nSPS) is 11.9. The molecule has 2 N–H and O–H groups in total. The number of rotatable bonds is 3. The molecule has 16 heavy (non-hydrogen) atoms. The average molecular weight is 220 g/mol. The molecule has 0 fully saturated rings. The summed E-state index contributed by atoms with van der Waals surface area (Å²) in [6.45, 7) is -1.44. The fourth-order valence-electron chi connectivity index (χ4n) is 1.70. The monoisotopic (exact) mass is 220 g/mol. The summed E-state index contributed by atoms with van der Waals surface area (Å²) in [5, 5.41) is 19.8. The molecule has 0 aliphatic heterocycles. The molecule has 2 rings (SSSR count). The number of aliphatic hydroxyl groups excluding tert-OH is 2. The van der Waals surface area contributed by atoms with Crippen LogP contribution < -0.4 is 0 Å². The van der Waals surface area contributed by atoms with Crippen LogP contribution in [-0.2, 0) is 5.67 Å². The lowest BCUT2D eigenvalue weighted by molar-refractivity contribution is 0.0130. The Balaban J connectivity index is 2.54. The molecular formula is C13H13FO2. The van der Waals surface area contributed by atoms with E-state index in [1.54, 1.807) is 18.2 Å². The van der Waals surface area contributed by atoms with Crippen LogP contribution in [0.3, 0.4) is 0 Å². The van der Waals surface area contributed by atoms with Gasteiger partial charge in [-0.15, -0.1) is 0 Å². The van der Waals surface area contributed by atoms with E-state index in [1.807, 2.05) is 24.3 Å². The first-order chi connectivity index (χ1) is 7.69. The van der Waals surface area contributed by atoms with Gasteiger partial charge >= 0.3 is 0 Å². The topological polar surface area (TPSA) is 40.5 Å². The molecule has 0 aromatic heterocycles. The van der Waals surface area contributed by atoms with Gasteiger partial charge in [0.2, 0.25) is 0 Å². The van der Waals surface area contributed by atoms with Crippen LogP contribution in [0.5, 0.6) is 0 Å². The Morgan fingerprint density at radius 3 is 2.19 bits per heavy atom. The van der Waals surface area contributed by atoms with E-state index < -0.39 is 18.9 Å². The summed E-state index contributed by atoms with van der Waals surface area (Å²) < 4.78 is 14.0. The standard InChI is InChI=1S/C13H13FO2/c14-13(8-15,9-16)12-6-5-10-3-1-2-4-11(10)7-12/h1-7,15-16H,8-9H2. The van der Waals surface area contributed by atoms with Crippen molar-refractivity contribution in [2.75, 3.05) is 13.2 Å². The lowest BCUT2D eigenvalue weighted by Crippen LogP contribution is -2.29. The molecule has 3 heteroatoms. The van der Waals surface area contributed by atoms with Crippen molar-refractivity contribution in [3.63, 3.8) is 0 Å². The van der Waals surface area contributed by atoms with Crippen molar-refractivity contribution >= 4 is 10.8 Å². The van der Waals surface area contributed by atoms with Crippen molar-refractivity contribution in [1.29, 1.82) is 0 Å². The number of halogens is 1. The summed E-state index contributed by atoms with van der Waals surface area (Å²) >= 11 is 0. The van der Waals surface area contributed by atoms with Crippen LogP contribution in [0.15, 0.2) is 42.5 Å². The third-order valence-corrected chi connectivity index (χ3v) is 2.77. The minimum atomic E-state index is -2.07. The highest BCUT2D eigenvalue weighted by Crippen LogP contribution is 2.27. The maximum atomic E-state index is 14.0. The molecule has 0 aliphatic carbocycles. The first-order valence-corrected chi connectivity index (χ1v) is 5.09. The van der Waals surface area contributed by atoms with Crippen LogP contribution in [0.25, 0.3) is 10.8 Å². The van der Waals surface area contributed by atoms with E-state index in [1.165, 1.54) is 0 Å². The van der Waals surface area contributed by atoms with Gasteiger partial charge in [-0.2, -0.15) is 0 Å². The Morgan fingerprint density at radius 1 is 0.938 bits per heavy atom. The first kappa shape index (κ1) is 11.0. The zero-order valence-electron chi connectivity index (χ0n) is 8.73. The second-order valence-corrected chi connectivity index (χ2v) is 3.84. The highest BCUT2D eigenvalue weighted by molar-refractivity contribution is 5.83. The van der Waals surface area contributed by atoms with E-state index in [2.05, 4.69) is 0 Å². The fourth-order valence-corrected chi connectivity index (χ4v) is 1.70. The Bertz CT molecular complexity index is 492. The summed E-state index contributed by atoms with van der Waals surface area (Å²) in [4.78, 5) is 0. The van der Waals surface area contributed by atoms with E-state index in [4.69, 9.17) is 10.2 Å². The molecule has 0 saturated heterocycles. The van der Waals surface area contributed by atoms with Crippen molar-refractivity contribution < 1.29 is 14.6 Å². The number of hydrogen-bond donors (Lipinski definition) is 2. The minimum absolute atomic E-state index is 0.302. The van der Waals surface area contributed by atoms with Crippen molar-refractivity contribution in [3.8, 4) is 0 Å². The number of benzene rings is 2. The molecule has 2 aromatic carbocycles. The lowest BCUT2D eigenvalue weighted by atomic mass is 9.95. The number of aliphatic hydroxyl groups is 2. The quantitative estimate of drug-likeness (QED) is 0.830. The van der Waals surface area contributed by atoms with Gasteiger partial charge in [-0.25, -0.2) is 4.39 Å². The summed E-state index contributed by atoms with van der Waals surface area (Å²) in [5.41, 5.74) is -1.76. The van der Waals surface area contributed by atoms with Gasteiger partial charge in [-0.3, -0.25) is 0 Å². The molecule has 0 spiro atoms. The molecule has 0 amide bonds. The zero-order valence-corrected chi connectivity index (χ0v) is 8.73. The SMILES string of the molecule is OCC(F)(CO)c1ccc2ccccc2c1. The Morgan fingerprint density at radius 2 is 1.56 bits per heavy atom. The van der Waals surface area contributed by atoms with Crippen molar-refractivity contribution in [2.24, 2.45) is 0 Å². The van der Waals surface area contributed by atoms with Crippen molar-refractivity contribution in [3.05, 3.63) is 48.0 Å². The van der Waals surface area contributed by atoms with Crippen LogP contribution in [0.4, 0.5) is 4.39 Å². The molecule has 0 radical (unpaired) electrons. The second-order valence-electron chi connectivity index (χ2n) is 3.84. The van der Waals surface area contributed by atoms with E-state index in [9.17, 15) is 4.39 Å². The molecule has 0 atom stereocenters. The second kappa shape index (κ2) is 4.20. The molecule has 0 unspecified atom stereocenters. The first-order valence-electron chi connectivity index (χ1n) is 5.09. The summed E-state index contributed by atoms with van der Waals surface area (Å²) in [7, 11) is 0. The molecular weight excluding hydrogens is 207 g/mol. The fraction of sp³-hybridized carbons (Fsp3) is 0.231. The van der Waals surface area contributed by atoms with Crippen LogP contribution in [0, 0.1) is 0 Å². The number of fused-ring (bicyclic) bond motifs is 1. The third kappa shape index (κ3) is 1.79. The number of alkyl halides is 1. The summed E-state index contributed by atoms with van der Waals surface area (Å²) in [6, 6.07) is 12.6. The zero-order chi connectivity index (χ0) is 11.6. The van der Waals surface area contributed by atoms with E-state index in [-0.39, 0.29) is 0 Å². The summed E-state index contributed by atoms with van der Waals surface area (Å²) in [5.74, 6) is 0. The van der Waals surface area contributed by atoms with Crippen molar-refractivity contribution in [1.82, 2.24) is 0 Å². The molecule has 0 aliphatic rings. The van der Waals surface area contributed by atoms with Gasteiger partial charge < -0.3 is 10.2 Å². The van der Waals surface area contributed by atoms with Crippen LogP contribution in [0.2, 0.25) is 0 Å². The van der Waals surface area contributed by atoms with E-state index in [0.717, 1.165) is 10.8 Å². The smallest absolute Gasteiger partial charge is 0.181 e. The van der Waals surface area contributed by atoms with Gasteiger partial charge in [0.1, 0.15) is 0 Å². The molecule has 0 saturated carbocycles. The highest BCUT2D eigenvalue weighted by Gasteiger charge is 2.30. The van der Waals surface area contributed by atoms with Crippen LogP contribution in [0.1, 0.15) is 5.56 Å². The molecule has 2 nitrogen and oxygen atoms in total. The maximum Gasteiger partial charge on any atom is 0.181 e. The minimum Gasteiger partial charge on any atom is -0.393 e. The van der Waals surface area contributed by atoms with Gasteiger partial charge in [0, 0.05) is 0 Å². The third-order valence-electron chi connectivity index (χ3n) is 2.77. The maximum absolute atomic E-state index is 14.0. The molecule has 84 valence electrons. The molecule has 0 bridgehead atoms. The van der Waals surface area contributed by atoms with Crippen molar-refractivity contribution in [2.45, 2.75) is 5.67 Å². The van der Waals surface area contributed by atoms with E-state index in [0.29, 0.717) is 5.56 Å². The highest BCUT2D eigenvalue weighted by atomic mass is 19.1. The van der Waals surface area contributed by atoms with Crippen LogP contribution in [-0.4, -0.2) is 23.4 Å². The Hall–Kier alpha value is -1.45. The van der Waals surface area contributed by atoms with Gasteiger partial charge in [-0.05, 0) is 22.4 Å². The van der Waals surface area contributed by atoms with Gasteiger partial charge in [0.15, 0.2) is 5.67 Å². The van der Waals surface area contributed by atoms with E-state index >= 15 is 0 Å². The molecule has 0 heterocycles. The molecule has 2 aromatic rings. The Kier molecular flexibility index (Phi) is 2.90. The van der Waals surface area contributed by atoms with Crippen LogP contribution >= 0.6 is 0 Å². The van der Waals surface area contributed by atoms with Gasteiger partial charge in [0.05, 0.1) is 13.2 Å². The largest absolute Gasteiger partial charge is 0.393 e.